The highest BCUT2D eigenvalue weighted by molar-refractivity contribution is 4.68. The minimum atomic E-state index is -2.43. The van der Waals surface area contributed by atoms with Gasteiger partial charge in [-0.1, -0.05) is 33.6 Å². The fourth-order valence-electron chi connectivity index (χ4n) is 1.14. The average molecular weight is 164 g/mol. The lowest BCUT2D eigenvalue weighted by Gasteiger charge is -2.19. The molecule has 0 aromatic heterocycles. The quantitative estimate of drug-likeness (QED) is 0.578. The first-order chi connectivity index (χ1) is 5.05. The van der Waals surface area contributed by atoms with Crippen LogP contribution in [0, 0.1) is 5.92 Å². The summed E-state index contributed by atoms with van der Waals surface area (Å²) in [6, 6.07) is 0. The van der Waals surface area contributed by atoms with E-state index in [4.69, 9.17) is 0 Å². The molecule has 0 saturated carbocycles. The Bertz CT molecular complexity index is 95.7. The Morgan fingerprint density at radius 1 is 1.09 bits per heavy atom. The molecule has 0 rings (SSSR count). The third-order valence-electron chi connectivity index (χ3n) is 2.26. The first kappa shape index (κ1) is 10.9. The number of rotatable bonds is 5. The maximum atomic E-state index is 12.8. The zero-order valence-electron chi connectivity index (χ0n) is 7.66. The van der Waals surface area contributed by atoms with E-state index in [1.807, 2.05) is 13.8 Å². The molecule has 0 nitrogen and oxygen atoms in total. The van der Waals surface area contributed by atoms with Gasteiger partial charge in [0.15, 0.2) is 0 Å². The van der Waals surface area contributed by atoms with Crippen LogP contribution < -0.4 is 0 Å². The SMILES string of the molecule is CCC(CC)CC(F)(F)CC. The predicted molar refractivity (Wildman–Crippen MR) is 43.9 cm³/mol. The third-order valence-corrected chi connectivity index (χ3v) is 2.26. The molecule has 11 heavy (non-hydrogen) atoms. The highest BCUT2D eigenvalue weighted by Crippen LogP contribution is 2.29. The molecule has 0 radical (unpaired) electrons. The zero-order chi connectivity index (χ0) is 8.91. The van der Waals surface area contributed by atoms with Gasteiger partial charge in [-0.15, -0.1) is 0 Å². The first-order valence-corrected chi connectivity index (χ1v) is 4.43. The van der Waals surface area contributed by atoms with E-state index < -0.39 is 5.92 Å². The van der Waals surface area contributed by atoms with Crippen LogP contribution in [0.5, 0.6) is 0 Å². The molecule has 68 valence electrons. The zero-order valence-corrected chi connectivity index (χ0v) is 7.66. The summed E-state index contributed by atoms with van der Waals surface area (Å²) in [7, 11) is 0. The topological polar surface area (TPSA) is 0 Å². The highest BCUT2D eigenvalue weighted by atomic mass is 19.3. The molecule has 0 spiro atoms. The van der Waals surface area contributed by atoms with Crippen LogP contribution in [0.15, 0.2) is 0 Å². The highest BCUT2D eigenvalue weighted by Gasteiger charge is 2.28. The molecular weight excluding hydrogens is 146 g/mol. The van der Waals surface area contributed by atoms with E-state index in [1.54, 1.807) is 6.92 Å². The fourth-order valence-corrected chi connectivity index (χ4v) is 1.14. The van der Waals surface area contributed by atoms with Gasteiger partial charge in [-0.05, 0) is 5.92 Å². The Morgan fingerprint density at radius 3 is 1.82 bits per heavy atom. The molecule has 0 unspecified atom stereocenters. The molecule has 0 N–H and O–H groups in total. The van der Waals surface area contributed by atoms with E-state index in [0.717, 1.165) is 12.8 Å². The van der Waals surface area contributed by atoms with Crippen molar-refractivity contribution in [3.8, 4) is 0 Å². The average Bonchev–Trinajstić information content (AvgIpc) is 2.00. The van der Waals surface area contributed by atoms with Gasteiger partial charge in [0.1, 0.15) is 0 Å². The Hall–Kier alpha value is -0.140. The van der Waals surface area contributed by atoms with Crippen LogP contribution >= 0.6 is 0 Å². The summed E-state index contributed by atoms with van der Waals surface area (Å²) < 4.78 is 25.6. The van der Waals surface area contributed by atoms with Gasteiger partial charge in [0.2, 0.25) is 5.92 Å². The van der Waals surface area contributed by atoms with Crippen molar-refractivity contribution in [3.05, 3.63) is 0 Å². The van der Waals surface area contributed by atoms with Gasteiger partial charge >= 0.3 is 0 Å². The van der Waals surface area contributed by atoms with Crippen LogP contribution in [-0.4, -0.2) is 5.92 Å². The van der Waals surface area contributed by atoms with Crippen LogP contribution in [0.1, 0.15) is 46.5 Å². The second-order valence-corrected chi connectivity index (χ2v) is 3.10. The van der Waals surface area contributed by atoms with Gasteiger partial charge < -0.3 is 0 Å². The second-order valence-electron chi connectivity index (χ2n) is 3.10. The lowest BCUT2D eigenvalue weighted by molar-refractivity contribution is -0.0274. The molecule has 0 amide bonds. The van der Waals surface area contributed by atoms with Crippen molar-refractivity contribution in [1.82, 2.24) is 0 Å². The maximum absolute atomic E-state index is 12.8. The largest absolute Gasteiger partial charge is 0.248 e. The fraction of sp³-hybridized carbons (Fsp3) is 1.00. The molecule has 0 aliphatic heterocycles. The Kier molecular flexibility index (Phi) is 4.62. The predicted octanol–water partition coefficient (Wildman–Crippen LogP) is 3.86. The lowest BCUT2D eigenvalue weighted by atomic mass is 9.94. The van der Waals surface area contributed by atoms with Gasteiger partial charge in [0.05, 0.1) is 0 Å². The van der Waals surface area contributed by atoms with Gasteiger partial charge in [0.25, 0.3) is 0 Å². The number of hydrogen-bond acceptors (Lipinski definition) is 0. The Morgan fingerprint density at radius 2 is 1.55 bits per heavy atom. The van der Waals surface area contributed by atoms with Crippen molar-refractivity contribution >= 4 is 0 Å². The van der Waals surface area contributed by atoms with Crippen molar-refractivity contribution in [2.75, 3.05) is 0 Å². The monoisotopic (exact) mass is 164 g/mol. The summed E-state index contributed by atoms with van der Waals surface area (Å²) >= 11 is 0. The summed E-state index contributed by atoms with van der Waals surface area (Å²) in [4.78, 5) is 0. The number of halogens is 2. The Labute approximate surface area is 68.0 Å². The lowest BCUT2D eigenvalue weighted by Crippen LogP contribution is -2.19. The molecule has 0 bridgehead atoms. The van der Waals surface area contributed by atoms with Gasteiger partial charge in [-0.2, -0.15) is 0 Å². The molecule has 0 aromatic rings. The van der Waals surface area contributed by atoms with Gasteiger partial charge in [-0.25, -0.2) is 8.78 Å². The van der Waals surface area contributed by atoms with Crippen LogP contribution in [0.2, 0.25) is 0 Å². The van der Waals surface area contributed by atoms with E-state index in [2.05, 4.69) is 0 Å². The standard InChI is InChI=1S/C9H18F2/c1-4-8(5-2)7-9(10,11)6-3/h8H,4-7H2,1-3H3. The van der Waals surface area contributed by atoms with Crippen molar-refractivity contribution < 1.29 is 8.78 Å². The van der Waals surface area contributed by atoms with E-state index in [-0.39, 0.29) is 18.8 Å². The van der Waals surface area contributed by atoms with Crippen molar-refractivity contribution in [2.24, 2.45) is 5.92 Å². The van der Waals surface area contributed by atoms with Crippen molar-refractivity contribution in [3.63, 3.8) is 0 Å². The molecule has 0 aliphatic carbocycles. The minimum Gasteiger partial charge on any atom is -0.207 e. The van der Waals surface area contributed by atoms with Crippen LogP contribution in [0.25, 0.3) is 0 Å². The van der Waals surface area contributed by atoms with E-state index >= 15 is 0 Å². The summed E-state index contributed by atoms with van der Waals surface area (Å²) in [5.41, 5.74) is 0. The summed E-state index contributed by atoms with van der Waals surface area (Å²) in [5.74, 6) is -2.23. The molecule has 0 atom stereocenters. The molecule has 0 aliphatic rings. The van der Waals surface area contributed by atoms with E-state index in [9.17, 15) is 8.78 Å². The van der Waals surface area contributed by atoms with Crippen LogP contribution in [-0.2, 0) is 0 Å². The molecule has 2 heteroatoms. The molecule has 0 fully saturated rings. The minimum absolute atomic E-state index is 0.0243. The molecule has 0 heterocycles. The van der Waals surface area contributed by atoms with Gasteiger partial charge in [0, 0.05) is 12.8 Å². The molecule has 0 saturated heterocycles. The molecular formula is C9H18F2. The number of hydrogen-bond donors (Lipinski definition) is 0. The van der Waals surface area contributed by atoms with Crippen molar-refractivity contribution in [2.45, 2.75) is 52.4 Å². The van der Waals surface area contributed by atoms with Crippen LogP contribution in [0.3, 0.4) is 0 Å². The smallest absolute Gasteiger partial charge is 0.207 e. The summed E-state index contributed by atoms with van der Waals surface area (Å²) in [6.07, 6.45) is 1.78. The van der Waals surface area contributed by atoms with Gasteiger partial charge in [-0.3, -0.25) is 0 Å². The van der Waals surface area contributed by atoms with E-state index in [1.165, 1.54) is 0 Å². The number of alkyl halides is 2. The third kappa shape index (κ3) is 4.33. The van der Waals surface area contributed by atoms with Crippen molar-refractivity contribution in [1.29, 1.82) is 0 Å². The van der Waals surface area contributed by atoms with E-state index in [0.29, 0.717) is 0 Å². The second kappa shape index (κ2) is 4.68. The normalized spacial score (nSPS) is 12.5. The summed E-state index contributed by atoms with van der Waals surface area (Å²) in [6.45, 7) is 5.49. The first-order valence-electron chi connectivity index (χ1n) is 4.43. The van der Waals surface area contributed by atoms with Crippen LogP contribution in [0.4, 0.5) is 8.78 Å². The Balaban J connectivity index is 3.79. The maximum Gasteiger partial charge on any atom is 0.248 e. The molecule has 0 aromatic carbocycles. The summed E-state index contributed by atoms with van der Waals surface area (Å²) in [5, 5.41) is 0.